The average molecular weight is 258 g/mol. The van der Waals surface area contributed by atoms with E-state index >= 15 is 0 Å². The Hall–Kier alpha value is -1.02. The standard InChI is InChI=1S/C17H26N2/c1-2-14-6-5-11-19(12-14)13-15-7-3-9-17-16(15)8-4-10-18-17/h3,7,9,14,18H,2,4-6,8,10-13H2,1H3. The van der Waals surface area contributed by atoms with Gasteiger partial charge in [0.15, 0.2) is 0 Å². The van der Waals surface area contributed by atoms with Gasteiger partial charge in [-0.3, -0.25) is 4.90 Å². The predicted molar refractivity (Wildman–Crippen MR) is 81.5 cm³/mol. The van der Waals surface area contributed by atoms with Crippen molar-refractivity contribution in [2.75, 3.05) is 25.0 Å². The molecule has 2 heteroatoms. The van der Waals surface area contributed by atoms with Crippen molar-refractivity contribution in [1.82, 2.24) is 4.90 Å². The molecule has 2 aliphatic rings. The molecular weight excluding hydrogens is 232 g/mol. The third-order valence-corrected chi connectivity index (χ3v) is 4.77. The summed E-state index contributed by atoms with van der Waals surface area (Å²) in [5.74, 6) is 0.923. The van der Waals surface area contributed by atoms with Crippen LogP contribution < -0.4 is 5.32 Å². The van der Waals surface area contributed by atoms with Crippen LogP contribution in [0.3, 0.4) is 0 Å². The van der Waals surface area contributed by atoms with Crippen LogP contribution in [0.15, 0.2) is 18.2 Å². The lowest BCUT2D eigenvalue weighted by Crippen LogP contribution is -2.35. The van der Waals surface area contributed by atoms with Gasteiger partial charge in [-0.2, -0.15) is 0 Å². The van der Waals surface area contributed by atoms with E-state index in [0.29, 0.717) is 0 Å². The highest BCUT2D eigenvalue weighted by atomic mass is 15.1. The molecule has 1 aromatic rings. The molecule has 1 aromatic carbocycles. The van der Waals surface area contributed by atoms with Gasteiger partial charge < -0.3 is 5.32 Å². The maximum atomic E-state index is 3.54. The zero-order chi connectivity index (χ0) is 13.1. The van der Waals surface area contributed by atoms with Gasteiger partial charge in [0, 0.05) is 25.3 Å². The van der Waals surface area contributed by atoms with E-state index in [9.17, 15) is 0 Å². The normalized spacial score (nSPS) is 23.7. The first-order valence-electron chi connectivity index (χ1n) is 7.94. The second kappa shape index (κ2) is 5.96. The monoisotopic (exact) mass is 258 g/mol. The third-order valence-electron chi connectivity index (χ3n) is 4.77. The van der Waals surface area contributed by atoms with E-state index in [1.807, 2.05) is 0 Å². The van der Waals surface area contributed by atoms with E-state index in [1.165, 1.54) is 50.9 Å². The van der Waals surface area contributed by atoms with E-state index in [2.05, 4.69) is 35.3 Å². The third kappa shape index (κ3) is 2.94. The molecule has 3 rings (SSSR count). The number of nitrogens with zero attached hydrogens (tertiary/aromatic N) is 1. The summed E-state index contributed by atoms with van der Waals surface area (Å²) in [7, 11) is 0. The van der Waals surface area contributed by atoms with Crippen LogP contribution in [0, 0.1) is 5.92 Å². The molecule has 0 amide bonds. The van der Waals surface area contributed by atoms with E-state index in [4.69, 9.17) is 0 Å². The van der Waals surface area contributed by atoms with Crippen LogP contribution in [-0.2, 0) is 13.0 Å². The molecule has 0 aliphatic carbocycles. The van der Waals surface area contributed by atoms with Gasteiger partial charge in [-0.15, -0.1) is 0 Å². The van der Waals surface area contributed by atoms with Gasteiger partial charge in [0.05, 0.1) is 0 Å². The van der Waals surface area contributed by atoms with Crippen LogP contribution in [0.25, 0.3) is 0 Å². The number of hydrogen-bond acceptors (Lipinski definition) is 2. The molecule has 0 aromatic heterocycles. The van der Waals surface area contributed by atoms with Gasteiger partial charge in [-0.05, 0) is 55.3 Å². The van der Waals surface area contributed by atoms with E-state index < -0.39 is 0 Å². The Balaban J connectivity index is 1.72. The molecule has 1 N–H and O–H groups in total. The zero-order valence-electron chi connectivity index (χ0n) is 12.1. The quantitative estimate of drug-likeness (QED) is 0.890. The fourth-order valence-corrected chi connectivity index (χ4v) is 3.60. The molecule has 1 atom stereocenters. The van der Waals surface area contributed by atoms with Crippen LogP contribution in [-0.4, -0.2) is 24.5 Å². The molecule has 19 heavy (non-hydrogen) atoms. The molecule has 2 heterocycles. The second-order valence-corrected chi connectivity index (χ2v) is 6.13. The first-order chi connectivity index (χ1) is 9.36. The molecule has 1 fully saturated rings. The van der Waals surface area contributed by atoms with Crippen molar-refractivity contribution in [3.8, 4) is 0 Å². The predicted octanol–water partition coefficient (Wildman–Crippen LogP) is 3.67. The summed E-state index contributed by atoms with van der Waals surface area (Å²) in [5.41, 5.74) is 4.52. The Kier molecular flexibility index (Phi) is 4.07. The van der Waals surface area contributed by atoms with Gasteiger partial charge in [-0.25, -0.2) is 0 Å². The summed E-state index contributed by atoms with van der Waals surface area (Å²) in [6.07, 6.45) is 6.68. The van der Waals surface area contributed by atoms with Gasteiger partial charge in [0.2, 0.25) is 0 Å². The lowest BCUT2D eigenvalue weighted by Gasteiger charge is -2.33. The molecule has 0 bridgehead atoms. The summed E-state index contributed by atoms with van der Waals surface area (Å²) >= 11 is 0. The highest BCUT2D eigenvalue weighted by molar-refractivity contribution is 5.56. The number of nitrogens with one attached hydrogen (secondary N) is 1. The molecule has 0 spiro atoms. The molecule has 0 saturated carbocycles. The van der Waals surface area contributed by atoms with Crippen LogP contribution in [0.5, 0.6) is 0 Å². The van der Waals surface area contributed by atoms with E-state index in [-0.39, 0.29) is 0 Å². The minimum atomic E-state index is 0.923. The summed E-state index contributed by atoms with van der Waals surface area (Å²) in [6, 6.07) is 6.79. The highest BCUT2D eigenvalue weighted by Gasteiger charge is 2.20. The Morgan fingerprint density at radius 1 is 1.32 bits per heavy atom. The van der Waals surface area contributed by atoms with Crippen molar-refractivity contribution in [3.63, 3.8) is 0 Å². The van der Waals surface area contributed by atoms with E-state index in [1.54, 1.807) is 11.1 Å². The summed E-state index contributed by atoms with van der Waals surface area (Å²) in [4.78, 5) is 2.67. The Bertz CT molecular complexity index is 427. The van der Waals surface area contributed by atoms with Crippen molar-refractivity contribution in [3.05, 3.63) is 29.3 Å². The van der Waals surface area contributed by atoms with Gasteiger partial charge >= 0.3 is 0 Å². The Morgan fingerprint density at radius 2 is 2.26 bits per heavy atom. The molecule has 1 unspecified atom stereocenters. The first-order valence-corrected chi connectivity index (χ1v) is 7.94. The van der Waals surface area contributed by atoms with Gasteiger partial charge in [-0.1, -0.05) is 25.5 Å². The minimum Gasteiger partial charge on any atom is -0.385 e. The Labute approximate surface area is 117 Å². The number of hydrogen-bond donors (Lipinski definition) is 1. The largest absolute Gasteiger partial charge is 0.385 e. The number of fused-ring (bicyclic) bond motifs is 1. The van der Waals surface area contributed by atoms with E-state index in [0.717, 1.165) is 19.0 Å². The fourth-order valence-electron chi connectivity index (χ4n) is 3.60. The lowest BCUT2D eigenvalue weighted by atomic mass is 9.93. The topological polar surface area (TPSA) is 15.3 Å². The summed E-state index contributed by atoms with van der Waals surface area (Å²) in [5, 5.41) is 3.54. The zero-order valence-corrected chi connectivity index (χ0v) is 12.1. The van der Waals surface area contributed by atoms with Crippen molar-refractivity contribution in [1.29, 1.82) is 0 Å². The van der Waals surface area contributed by atoms with Crippen LogP contribution in [0.2, 0.25) is 0 Å². The number of piperidine rings is 1. The number of rotatable bonds is 3. The second-order valence-electron chi connectivity index (χ2n) is 6.13. The highest BCUT2D eigenvalue weighted by Crippen LogP contribution is 2.28. The van der Waals surface area contributed by atoms with Crippen LogP contribution >= 0.6 is 0 Å². The molecular formula is C17H26N2. The smallest absolute Gasteiger partial charge is 0.0375 e. The maximum Gasteiger partial charge on any atom is 0.0375 e. The van der Waals surface area contributed by atoms with Gasteiger partial charge in [0.1, 0.15) is 0 Å². The molecule has 104 valence electrons. The molecule has 1 saturated heterocycles. The first kappa shape index (κ1) is 13.0. The summed E-state index contributed by atoms with van der Waals surface area (Å²) < 4.78 is 0. The van der Waals surface area contributed by atoms with Crippen molar-refractivity contribution in [2.24, 2.45) is 5.92 Å². The van der Waals surface area contributed by atoms with Crippen LogP contribution in [0.1, 0.15) is 43.7 Å². The van der Waals surface area contributed by atoms with Crippen molar-refractivity contribution in [2.45, 2.75) is 45.6 Å². The number of likely N-dealkylation sites (tertiary alicyclic amines) is 1. The molecule has 0 radical (unpaired) electrons. The molecule has 2 aliphatic heterocycles. The minimum absolute atomic E-state index is 0.923. The van der Waals surface area contributed by atoms with Crippen LogP contribution in [0.4, 0.5) is 5.69 Å². The van der Waals surface area contributed by atoms with Crippen molar-refractivity contribution < 1.29 is 0 Å². The lowest BCUT2D eigenvalue weighted by molar-refractivity contribution is 0.164. The molecule has 2 nitrogen and oxygen atoms in total. The SMILES string of the molecule is CCC1CCCN(Cc2cccc3c2CCCN3)C1. The fraction of sp³-hybridized carbons (Fsp3) is 0.647. The Morgan fingerprint density at radius 3 is 3.16 bits per heavy atom. The summed E-state index contributed by atoms with van der Waals surface area (Å²) in [6.45, 7) is 7.21. The van der Waals surface area contributed by atoms with Gasteiger partial charge in [0.25, 0.3) is 0 Å². The number of anilines is 1. The van der Waals surface area contributed by atoms with Crippen molar-refractivity contribution >= 4 is 5.69 Å². The maximum absolute atomic E-state index is 3.54. The number of benzene rings is 1. The average Bonchev–Trinajstić information content (AvgIpc) is 2.48.